The van der Waals surface area contributed by atoms with Crippen molar-refractivity contribution >= 4 is 21.8 Å². The molecular formula is C11H14F3NO3S2. The van der Waals surface area contributed by atoms with Gasteiger partial charge < -0.3 is 5.11 Å². The number of aryl methyl sites for hydroxylation is 1. The normalized spacial score (nSPS) is 12.7. The summed E-state index contributed by atoms with van der Waals surface area (Å²) in [4.78, 5) is -0.0795. The molecule has 0 amide bonds. The molecule has 20 heavy (non-hydrogen) atoms. The Balaban J connectivity index is 2.69. The van der Waals surface area contributed by atoms with Crippen molar-refractivity contribution in [3.63, 3.8) is 0 Å². The Morgan fingerprint density at radius 3 is 2.55 bits per heavy atom. The predicted molar refractivity (Wildman–Crippen MR) is 70.8 cm³/mol. The summed E-state index contributed by atoms with van der Waals surface area (Å²) in [6.45, 7) is 1.09. The monoisotopic (exact) mass is 329 g/mol. The van der Waals surface area contributed by atoms with E-state index in [4.69, 9.17) is 5.11 Å². The molecule has 0 saturated carbocycles. The number of aliphatic hydroxyl groups is 1. The molecule has 0 fully saturated rings. The smallest absolute Gasteiger partial charge is 0.392 e. The van der Waals surface area contributed by atoms with Crippen molar-refractivity contribution in [2.24, 2.45) is 0 Å². The van der Waals surface area contributed by atoms with Crippen LogP contribution in [0, 0.1) is 6.92 Å². The van der Waals surface area contributed by atoms with Crippen molar-refractivity contribution in [1.29, 1.82) is 0 Å². The molecule has 0 unspecified atom stereocenters. The third-order valence-corrected chi connectivity index (χ3v) is 4.66. The molecule has 0 bridgehead atoms. The van der Waals surface area contributed by atoms with Crippen LogP contribution in [-0.2, 0) is 16.6 Å². The molecule has 1 aromatic rings. The molecule has 0 heterocycles. The quantitative estimate of drug-likeness (QED) is 0.784. The van der Waals surface area contributed by atoms with Gasteiger partial charge in [-0.2, -0.15) is 13.2 Å². The van der Waals surface area contributed by atoms with E-state index in [9.17, 15) is 21.6 Å². The highest BCUT2D eigenvalue weighted by Gasteiger charge is 2.27. The van der Waals surface area contributed by atoms with E-state index in [1.165, 1.54) is 18.2 Å². The Kier molecular flexibility index (Phi) is 5.87. The summed E-state index contributed by atoms with van der Waals surface area (Å²) in [7, 11) is -3.87. The maximum Gasteiger partial charge on any atom is 0.441 e. The number of rotatable bonds is 6. The lowest BCUT2D eigenvalue weighted by molar-refractivity contribution is -0.0327. The third-order valence-electron chi connectivity index (χ3n) is 2.46. The van der Waals surface area contributed by atoms with Gasteiger partial charge in [0.2, 0.25) is 10.0 Å². The molecule has 0 aliphatic rings. The van der Waals surface area contributed by atoms with Crippen molar-refractivity contribution in [2.75, 3.05) is 12.3 Å². The van der Waals surface area contributed by atoms with Crippen molar-refractivity contribution in [3.05, 3.63) is 29.3 Å². The van der Waals surface area contributed by atoms with Gasteiger partial charge in [0.15, 0.2) is 0 Å². The lowest BCUT2D eigenvalue weighted by Gasteiger charge is -2.10. The highest BCUT2D eigenvalue weighted by Crippen LogP contribution is 2.29. The first kappa shape index (κ1) is 17.3. The Morgan fingerprint density at radius 1 is 1.35 bits per heavy atom. The van der Waals surface area contributed by atoms with E-state index in [-0.39, 0.29) is 29.8 Å². The fourth-order valence-electron chi connectivity index (χ4n) is 1.41. The van der Waals surface area contributed by atoms with Crippen molar-refractivity contribution < 1.29 is 26.7 Å². The second kappa shape index (κ2) is 6.79. The van der Waals surface area contributed by atoms with E-state index < -0.39 is 21.3 Å². The fraction of sp³-hybridized carbons (Fsp3) is 0.455. The largest absolute Gasteiger partial charge is 0.441 e. The van der Waals surface area contributed by atoms with E-state index in [1.807, 2.05) is 0 Å². The van der Waals surface area contributed by atoms with Gasteiger partial charge >= 0.3 is 5.51 Å². The van der Waals surface area contributed by atoms with Gasteiger partial charge in [-0.05, 0) is 41.9 Å². The van der Waals surface area contributed by atoms with Crippen LogP contribution in [-0.4, -0.2) is 31.3 Å². The Hall–Kier alpha value is -0.770. The van der Waals surface area contributed by atoms with E-state index in [1.54, 1.807) is 6.92 Å². The zero-order valence-electron chi connectivity index (χ0n) is 10.6. The lowest BCUT2D eigenvalue weighted by atomic mass is 10.1. The van der Waals surface area contributed by atoms with Gasteiger partial charge in [-0.1, -0.05) is 6.07 Å². The Bertz CT molecular complexity index is 559. The van der Waals surface area contributed by atoms with Gasteiger partial charge in [-0.25, -0.2) is 13.1 Å². The molecule has 0 aliphatic heterocycles. The fourth-order valence-corrected chi connectivity index (χ4v) is 3.06. The summed E-state index contributed by atoms with van der Waals surface area (Å²) in [6.07, 6.45) is 0. The molecule has 0 spiro atoms. The predicted octanol–water partition coefficient (Wildman–Crippen LogP) is 2.02. The second-order valence-corrected chi connectivity index (χ2v) is 6.87. The lowest BCUT2D eigenvalue weighted by Crippen LogP contribution is -2.27. The SMILES string of the molecule is Cc1ccc(S(=O)(=O)NCCSC(F)(F)F)cc1CO. The molecule has 9 heteroatoms. The summed E-state index contributed by atoms with van der Waals surface area (Å²) < 4.78 is 61.5. The Labute approximate surface area is 119 Å². The molecule has 0 saturated heterocycles. The minimum Gasteiger partial charge on any atom is -0.392 e. The number of halogens is 3. The van der Waals surface area contributed by atoms with E-state index in [0.29, 0.717) is 5.56 Å². The number of thioether (sulfide) groups is 1. The summed E-state index contributed by atoms with van der Waals surface area (Å²) in [5.41, 5.74) is -3.18. The first-order valence-corrected chi connectivity index (χ1v) is 8.03. The number of hydrogen-bond acceptors (Lipinski definition) is 4. The molecular weight excluding hydrogens is 315 g/mol. The first-order valence-electron chi connectivity index (χ1n) is 5.56. The molecule has 114 valence electrons. The number of sulfonamides is 1. The summed E-state index contributed by atoms with van der Waals surface area (Å²) in [5.74, 6) is -0.401. The number of benzene rings is 1. The van der Waals surface area contributed by atoms with E-state index in [2.05, 4.69) is 4.72 Å². The molecule has 0 atom stereocenters. The van der Waals surface area contributed by atoms with E-state index >= 15 is 0 Å². The van der Waals surface area contributed by atoms with Gasteiger partial charge in [0.25, 0.3) is 0 Å². The van der Waals surface area contributed by atoms with Gasteiger partial charge in [0, 0.05) is 12.3 Å². The van der Waals surface area contributed by atoms with Crippen LogP contribution in [0.4, 0.5) is 13.2 Å². The highest BCUT2D eigenvalue weighted by molar-refractivity contribution is 8.00. The highest BCUT2D eigenvalue weighted by atomic mass is 32.2. The minimum atomic E-state index is -4.38. The standard InChI is InChI=1S/C11H14F3NO3S2/c1-8-2-3-10(6-9(8)7-16)20(17,18)15-4-5-19-11(12,13)14/h2-3,6,15-16H,4-5,7H2,1H3. The van der Waals surface area contributed by atoms with Crippen molar-refractivity contribution in [2.45, 2.75) is 23.9 Å². The average Bonchev–Trinajstić information content (AvgIpc) is 2.34. The number of alkyl halides is 3. The van der Waals surface area contributed by atoms with Crippen LogP contribution in [0.5, 0.6) is 0 Å². The molecule has 0 radical (unpaired) electrons. The average molecular weight is 329 g/mol. The van der Waals surface area contributed by atoms with Crippen LogP contribution < -0.4 is 4.72 Å². The van der Waals surface area contributed by atoms with Crippen LogP contribution in [0.2, 0.25) is 0 Å². The van der Waals surface area contributed by atoms with Gasteiger partial charge in [0.05, 0.1) is 11.5 Å². The Morgan fingerprint density at radius 2 is 2.00 bits per heavy atom. The zero-order chi connectivity index (χ0) is 15.4. The number of nitrogens with one attached hydrogen (secondary N) is 1. The van der Waals surface area contributed by atoms with Crippen molar-refractivity contribution in [3.8, 4) is 0 Å². The first-order chi connectivity index (χ1) is 9.15. The summed E-state index contributed by atoms with van der Waals surface area (Å²) in [6, 6.07) is 4.17. The van der Waals surface area contributed by atoms with Crippen molar-refractivity contribution in [1.82, 2.24) is 4.72 Å². The van der Waals surface area contributed by atoms with Gasteiger partial charge in [-0.15, -0.1) is 0 Å². The molecule has 1 aromatic carbocycles. The maximum atomic E-state index is 11.9. The molecule has 0 aliphatic carbocycles. The number of aliphatic hydroxyl groups excluding tert-OH is 1. The van der Waals surface area contributed by atoms with Crippen LogP contribution in [0.25, 0.3) is 0 Å². The molecule has 2 N–H and O–H groups in total. The molecule has 4 nitrogen and oxygen atoms in total. The third kappa shape index (κ3) is 5.31. The number of hydrogen-bond donors (Lipinski definition) is 2. The van der Waals surface area contributed by atoms with Crippen LogP contribution in [0.15, 0.2) is 23.1 Å². The van der Waals surface area contributed by atoms with E-state index in [0.717, 1.165) is 5.56 Å². The molecule has 0 aromatic heterocycles. The van der Waals surface area contributed by atoms with Gasteiger partial charge in [0.1, 0.15) is 0 Å². The topological polar surface area (TPSA) is 66.4 Å². The molecule has 1 rings (SSSR count). The van der Waals surface area contributed by atoms with Crippen LogP contribution in [0.3, 0.4) is 0 Å². The minimum absolute atomic E-state index is 0.0795. The second-order valence-electron chi connectivity index (χ2n) is 3.94. The summed E-state index contributed by atoms with van der Waals surface area (Å²) in [5, 5.41) is 9.07. The van der Waals surface area contributed by atoms with Crippen LogP contribution >= 0.6 is 11.8 Å². The zero-order valence-corrected chi connectivity index (χ0v) is 12.2. The summed E-state index contributed by atoms with van der Waals surface area (Å²) >= 11 is -0.287. The van der Waals surface area contributed by atoms with Crippen LogP contribution in [0.1, 0.15) is 11.1 Å². The van der Waals surface area contributed by atoms with Gasteiger partial charge in [-0.3, -0.25) is 0 Å². The maximum absolute atomic E-state index is 11.9.